The normalized spacial score (nSPS) is 9.56. The van der Waals surface area contributed by atoms with E-state index in [1.165, 1.54) is 17.3 Å². The lowest BCUT2D eigenvalue weighted by atomic mass is 10.5. The molecule has 0 aromatic carbocycles. The minimum absolute atomic E-state index is 0. The van der Waals surface area contributed by atoms with Gasteiger partial charge in [-0.1, -0.05) is 6.92 Å². The van der Waals surface area contributed by atoms with Crippen molar-refractivity contribution in [2.24, 2.45) is 0 Å². The molecule has 16 heavy (non-hydrogen) atoms. The van der Waals surface area contributed by atoms with Crippen molar-refractivity contribution in [3.05, 3.63) is 0 Å². The fourth-order valence-corrected chi connectivity index (χ4v) is 2.83. The summed E-state index contributed by atoms with van der Waals surface area (Å²) in [6.45, 7) is 15.6. The van der Waals surface area contributed by atoms with Crippen molar-refractivity contribution < 1.29 is 28.6 Å². The van der Waals surface area contributed by atoms with Crippen LogP contribution in [0, 0.1) is 0 Å². The molecular formula is C12H27IN2S. The number of nitrogens with zero attached hydrogens (tertiary/aromatic N) is 2. The molecule has 0 N–H and O–H groups in total. The second kappa shape index (κ2) is 12.0. The Kier molecular flexibility index (Phi) is 14.2. The molecule has 0 saturated heterocycles. The van der Waals surface area contributed by atoms with Crippen molar-refractivity contribution in [1.29, 1.82) is 0 Å². The molecule has 0 aromatic rings. The average molecular weight is 358 g/mol. The molecule has 0 aliphatic rings. The molecule has 0 rings (SSSR count). The number of rotatable bonds is 6. The van der Waals surface area contributed by atoms with Crippen molar-refractivity contribution >= 4 is 16.9 Å². The molecule has 0 aliphatic carbocycles. The number of amidine groups is 1. The van der Waals surface area contributed by atoms with Crippen LogP contribution in [0.15, 0.2) is 0 Å². The van der Waals surface area contributed by atoms with E-state index in [1.807, 2.05) is 11.8 Å². The van der Waals surface area contributed by atoms with Crippen molar-refractivity contribution in [1.82, 2.24) is 4.90 Å². The molecule has 2 nitrogen and oxygen atoms in total. The highest BCUT2D eigenvalue weighted by molar-refractivity contribution is 8.13. The third-order valence-corrected chi connectivity index (χ3v) is 3.89. The molecular weight excluding hydrogens is 331 g/mol. The van der Waals surface area contributed by atoms with Gasteiger partial charge in [-0.05, 0) is 45.9 Å². The van der Waals surface area contributed by atoms with E-state index < -0.39 is 0 Å². The molecule has 0 bridgehead atoms. The lowest BCUT2D eigenvalue weighted by Gasteiger charge is -2.18. The molecule has 98 valence electrons. The fraction of sp³-hybridized carbons (Fsp3) is 0.917. The van der Waals surface area contributed by atoms with Crippen LogP contribution in [0.2, 0.25) is 0 Å². The van der Waals surface area contributed by atoms with Gasteiger partial charge in [0.15, 0.2) is 0 Å². The number of hydrogen-bond acceptors (Lipinski definition) is 1. The van der Waals surface area contributed by atoms with Crippen molar-refractivity contribution in [2.75, 3.05) is 31.9 Å². The zero-order chi connectivity index (χ0) is 11.7. The Hall–Kier alpha value is 0.550. The Bertz CT molecular complexity index is 185. The summed E-state index contributed by atoms with van der Waals surface area (Å²) in [5, 5.41) is 1.46. The Morgan fingerprint density at radius 2 is 1.50 bits per heavy atom. The second-order valence-corrected chi connectivity index (χ2v) is 4.54. The molecule has 0 aliphatic heterocycles. The van der Waals surface area contributed by atoms with Crippen LogP contribution >= 0.6 is 11.8 Å². The van der Waals surface area contributed by atoms with E-state index in [2.05, 4.69) is 44.1 Å². The lowest BCUT2D eigenvalue weighted by molar-refractivity contribution is -0.522. The molecule has 0 heterocycles. The third-order valence-electron chi connectivity index (χ3n) is 2.50. The molecule has 0 radical (unpaired) electrons. The summed E-state index contributed by atoms with van der Waals surface area (Å²) in [5.41, 5.74) is 0. The number of hydrogen-bond donors (Lipinski definition) is 0. The van der Waals surface area contributed by atoms with Gasteiger partial charge in [0, 0.05) is 5.75 Å². The summed E-state index contributed by atoms with van der Waals surface area (Å²) in [5.74, 6) is 1.22. The van der Waals surface area contributed by atoms with Gasteiger partial charge >= 0.3 is 5.17 Å². The molecule has 0 aromatic heterocycles. The van der Waals surface area contributed by atoms with Crippen LogP contribution in [0.25, 0.3) is 0 Å². The first kappa shape index (κ1) is 18.9. The predicted molar refractivity (Wildman–Crippen MR) is 72.0 cm³/mol. The van der Waals surface area contributed by atoms with E-state index in [0.29, 0.717) is 0 Å². The first-order chi connectivity index (χ1) is 7.24. The highest BCUT2D eigenvalue weighted by atomic mass is 127. The molecule has 0 spiro atoms. The van der Waals surface area contributed by atoms with Crippen LogP contribution in [-0.4, -0.2) is 46.6 Å². The lowest BCUT2D eigenvalue weighted by Crippen LogP contribution is -3.00. The highest BCUT2D eigenvalue weighted by Gasteiger charge is 2.18. The summed E-state index contributed by atoms with van der Waals surface area (Å²) >= 11 is 2.00. The fourth-order valence-electron chi connectivity index (χ4n) is 1.56. The molecule has 0 unspecified atom stereocenters. The van der Waals surface area contributed by atoms with Gasteiger partial charge < -0.3 is 24.0 Å². The zero-order valence-corrected chi connectivity index (χ0v) is 14.4. The third kappa shape index (κ3) is 6.33. The zero-order valence-electron chi connectivity index (χ0n) is 11.4. The minimum atomic E-state index is 0. The number of thioether (sulfide) groups is 1. The SMILES string of the molecule is CCCSC(N(CC)CC)=[N+](CC)CC.[I-]. The molecule has 4 heteroatoms. The van der Waals surface area contributed by atoms with Crippen molar-refractivity contribution in [3.8, 4) is 0 Å². The maximum Gasteiger partial charge on any atom is 0.308 e. The average Bonchev–Trinajstić information content (AvgIpc) is 2.28. The quantitative estimate of drug-likeness (QED) is 0.283. The van der Waals surface area contributed by atoms with Gasteiger partial charge in [-0.15, -0.1) is 0 Å². The van der Waals surface area contributed by atoms with E-state index >= 15 is 0 Å². The largest absolute Gasteiger partial charge is 1.00 e. The molecule has 0 saturated carbocycles. The van der Waals surface area contributed by atoms with Crippen LogP contribution in [-0.2, 0) is 0 Å². The first-order valence-electron chi connectivity index (χ1n) is 6.24. The van der Waals surface area contributed by atoms with E-state index in [9.17, 15) is 0 Å². The first-order valence-corrected chi connectivity index (χ1v) is 7.23. The Morgan fingerprint density at radius 3 is 1.81 bits per heavy atom. The van der Waals surface area contributed by atoms with Crippen molar-refractivity contribution in [2.45, 2.75) is 41.0 Å². The Labute approximate surface area is 123 Å². The van der Waals surface area contributed by atoms with Gasteiger partial charge in [0.05, 0.1) is 26.2 Å². The maximum absolute atomic E-state index is 2.47. The molecule has 0 atom stereocenters. The van der Waals surface area contributed by atoms with Gasteiger partial charge in [-0.25, -0.2) is 0 Å². The van der Waals surface area contributed by atoms with Gasteiger partial charge in [-0.2, -0.15) is 0 Å². The van der Waals surface area contributed by atoms with E-state index in [0.717, 1.165) is 26.2 Å². The van der Waals surface area contributed by atoms with E-state index in [-0.39, 0.29) is 24.0 Å². The Morgan fingerprint density at radius 1 is 1.00 bits per heavy atom. The van der Waals surface area contributed by atoms with Gasteiger partial charge in [0.25, 0.3) is 0 Å². The highest BCUT2D eigenvalue weighted by Crippen LogP contribution is 2.10. The van der Waals surface area contributed by atoms with Gasteiger partial charge in [0.2, 0.25) is 0 Å². The maximum atomic E-state index is 2.47. The smallest absolute Gasteiger partial charge is 0.308 e. The Balaban J connectivity index is 0. The summed E-state index contributed by atoms with van der Waals surface area (Å²) in [6.07, 6.45) is 1.25. The van der Waals surface area contributed by atoms with Crippen LogP contribution in [0.3, 0.4) is 0 Å². The summed E-state index contributed by atoms with van der Waals surface area (Å²) in [4.78, 5) is 2.47. The van der Waals surface area contributed by atoms with Crippen LogP contribution < -0.4 is 24.0 Å². The molecule has 0 amide bonds. The second-order valence-electron chi connectivity index (χ2n) is 3.48. The molecule has 0 fully saturated rings. The summed E-state index contributed by atoms with van der Waals surface area (Å²) in [6, 6.07) is 0. The predicted octanol–water partition coefficient (Wildman–Crippen LogP) is -0.116. The summed E-state index contributed by atoms with van der Waals surface area (Å²) < 4.78 is 2.47. The van der Waals surface area contributed by atoms with Crippen molar-refractivity contribution in [3.63, 3.8) is 0 Å². The van der Waals surface area contributed by atoms with Crippen LogP contribution in [0.5, 0.6) is 0 Å². The van der Waals surface area contributed by atoms with Crippen LogP contribution in [0.1, 0.15) is 41.0 Å². The monoisotopic (exact) mass is 358 g/mol. The van der Waals surface area contributed by atoms with E-state index in [4.69, 9.17) is 0 Å². The number of halogens is 1. The van der Waals surface area contributed by atoms with Crippen LogP contribution in [0.4, 0.5) is 0 Å². The van der Waals surface area contributed by atoms with Gasteiger partial charge in [0.1, 0.15) is 0 Å². The standard InChI is InChI=1S/C12H27N2S.HI/c1-6-11-15-12(13(7-2)8-3)14(9-4)10-5;/h6-11H2,1-5H3;1H/q+1;/p-1. The topological polar surface area (TPSA) is 6.25 Å². The summed E-state index contributed by atoms with van der Waals surface area (Å²) in [7, 11) is 0. The minimum Gasteiger partial charge on any atom is -1.00 e. The van der Waals surface area contributed by atoms with E-state index in [1.54, 1.807) is 0 Å². The van der Waals surface area contributed by atoms with Gasteiger partial charge in [-0.3, -0.25) is 9.48 Å².